The molecule has 0 radical (unpaired) electrons. The number of nitrogens with one attached hydrogen (secondary N) is 1. The number of nitrogens with two attached hydrogens (primary N) is 1. The van der Waals surface area contributed by atoms with E-state index < -0.39 is 10.0 Å². The second-order valence-corrected chi connectivity index (χ2v) is 9.93. The lowest BCUT2D eigenvalue weighted by molar-refractivity contribution is 0.0957. The number of hydrogen-bond donors (Lipinski definition) is 2. The van der Waals surface area contributed by atoms with Crippen LogP contribution in [-0.2, 0) is 16.4 Å². The van der Waals surface area contributed by atoms with E-state index in [0.29, 0.717) is 23.8 Å². The van der Waals surface area contributed by atoms with Crippen LogP contribution in [0.1, 0.15) is 51.1 Å². The molecule has 1 aromatic carbocycles. The van der Waals surface area contributed by atoms with E-state index in [4.69, 9.17) is 5.14 Å². The zero-order valence-corrected chi connectivity index (χ0v) is 17.9. The van der Waals surface area contributed by atoms with E-state index in [1.807, 2.05) is 13.8 Å². The SMILES string of the molecule is Cc1nc(C2CC2)nc2sc(C(=O)NCCc3ccc(S(N)(=O)=O)cc3)c(C)c12. The molecule has 0 bridgehead atoms. The smallest absolute Gasteiger partial charge is 0.261 e. The van der Waals surface area contributed by atoms with Crippen LogP contribution in [0, 0.1) is 13.8 Å². The normalized spacial score (nSPS) is 14.3. The van der Waals surface area contributed by atoms with Gasteiger partial charge in [-0.2, -0.15) is 0 Å². The second-order valence-electron chi connectivity index (χ2n) is 7.37. The minimum atomic E-state index is -3.69. The maximum absolute atomic E-state index is 12.7. The van der Waals surface area contributed by atoms with Crippen LogP contribution in [0.25, 0.3) is 10.2 Å². The van der Waals surface area contributed by atoms with E-state index in [9.17, 15) is 13.2 Å². The molecule has 152 valence electrons. The lowest BCUT2D eigenvalue weighted by Crippen LogP contribution is -2.25. The maximum Gasteiger partial charge on any atom is 0.261 e. The third-order valence-corrected chi connectivity index (χ3v) is 7.20. The van der Waals surface area contributed by atoms with E-state index >= 15 is 0 Å². The van der Waals surface area contributed by atoms with E-state index in [1.165, 1.54) is 23.5 Å². The topological polar surface area (TPSA) is 115 Å². The van der Waals surface area contributed by atoms with Gasteiger partial charge in [0.05, 0.1) is 15.5 Å². The first-order valence-corrected chi connectivity index (χ1v) is 11.8. The van der Waals surface area contributed by atoms with Crippen LogP contribution < -0.4 is 10.5 Å². The fourth-order valence-corrected chi connectivity index (χ4v) is 5.02. The van der Waals surface area contributed by atoms with E-state index in [1.54, 1.807) is 12.1 Å². The molecule has 2 heterocycles. The number of amides is 1. The summed E-state index contributed by atoms with van der Waals surface area (Å²) in [6, 6.07) is 6.35. The molecule has 1 aliphatic carbocycles. The predicted octanol–water partition coefficient (Wildman–Crippen LogP) is 2.81. The summed E-state index contributed by atoms with van der Waals surface area (Å²) in [4.78, 5) is 23.6. The minimum Gasteiger partial charge on any atom is -0.351 e. The molecule has 0 spiro atoms. The van der Waals surface area contributed by atoms with Crippen LogP contribution >= 0.6 is 11.3 Å². The predicted molar refractivity (Wildman–Crippen MR) is 113 cm³/mol. The quantitative estimate of drug-likeness (QED) is 0.624. The van der Waals surface area contributed by atoms with E-state index in [-0.39, 0.29) is 10.8 Å². The summed E-state index contributed by atoms with van der Waals surface area (Å²) in [5.74, 6) is 1.24. The lowest BCUT2D eigenvalue weighted by atomic mass is 10.1. The van der Waals surface area contributed by atoms with Crippen molar-refractivity contribution in [3.8, 4) is 0 Å². The molecule has 0 saturated heterocycles. The molecule has 9 heteroatoms. The van der Waals surface area contributed by atoms with Crippen molar-refractivity contribution in [2.45, 2.75) is 43.9 Å². The Hall–Kier alpha value is -2.36. The van der Waals surface area contributed by atoms with E-state index in [0.717, 1.165) is 45.7 Å². The van der Waals surface area contributed by atoms with Gasteiger partial charge in [-0.05, 0) is 56.4 Å². The minimum absolute atomic E-state index is 0.0771. The molecule has 3 aromatic rings. The number of thiophene rings is 1. The average molecular weight is 431 g/mol. The van der Waals surface area contributed by atoms with Crippen molar-refractivity contribution in [2.75, 3.05) is 6.54 Å². The fraction of sp³-hybridized carbons (Fsp3) is 0.350. The Morgan fingerprint density at radius 1 is 1.21 bits per heavy atom. The van der Waals surface area contributed by atoms with Gasteiger partial charge in [0.25, 0.3) is 5.91 Å². The number of sulfonamides is 1. The van der Waals surface area contributed by atoms with Crippen molar-refractivity contribution in [1.82, 2.24) is 15.3 Å². The molecule has 7 nitrogen and oxygen atoms in total. The van der Waals surface area contributed by atoms with Crippen molar-refractivity contribution in [1.29, 1.82) is 0 Å². The van der Waals surface area contributed by atoms with Crippen molar-refractivity contribution in [3.05, 3.63) is 51.8 Å². The first-order chi connectivity index (χ1) is 13.7. The molecule has 4 rings (SSSR count). The van der Waals surface area contributed by atoms with Crippen LogP contribution in [0.5, 0.6) is 0 Å². The Balaban J connectivity index is 1.45. The molecule has 1 fully saturated rings. The first kappa shape index (κ1) is 19.9. The molecule has 0 aliphatic heterocycles. The van der Waals surface area contributed by atoms with Gasteiger partial charge in [0.15, 0.2) is 0 Å². The molecule has 0 atom stereocenters. The summed E-state index contributed by atoms with van der Waals surface area (Å²) in [5, 5.41) is 9.02. The van der Waals surface area contributed by atoms with E-state index in [2.05, 4.69) is 15.3 Å². The lowest BCUT2D eigenvalue weighted by Gasteiger charge is -2.06. The Labute approximate surface area is 173 Å². The summed E-state index contributed by atoms with van der Waals surface area (Å²) in [7, 11) is -3.69. The summed E-state index contributed by atoms with van der Waals surface area (Å²) >= 11 is 1.41. The summed E-state index contributed by atoms with van der Waals surface area (Å²) < 4.78 is 22.6. The van der Waals surface area contributed by atoms with Crippen LogP contribution in [0.3, 0.4) is 0 Å². The number of carbonyl (C=O) groups is 1. The van der Waals surface area contributed by atoms with Crippen LogP contribution in [0.4, 0.5) is 0 Å². The zero-order chi connectivity index (χ0) is 20.8. The first-order valence-electron chi connectivity index (χ1n) is 9.41. The van der Waals surface area contributed by atoms with Gasteiger partial charge in [0, 0.05) is 17.8 Å². The standard InChI is InChI=1S/C20H22N4O3S2/c1-11-16-12(2)23-18(14-5-6-14)24-20(16)28-17(11)19(25)22-10-9-13-3-7-15(8-4-13)29(21,26)27/h3-4,7-8,14H,5-6,9-10H2,1-2H3,(H,22,25)(H2,21,26,27). The largest absolute Gasteiger partial charge is 0.351 e. The molecule has 1 saturated carbocycles. The second kappa shape index (κ2) is 7.47. The Morgan fingerprint density at radius 2 is 1.90 bits per heavy atom. The number of primary sulfonamides is 1. The summed E-state index contributed by atoms with van der Waals surface area (Å²) in [6.45, 7) is 4.36. The monoisotopic (exact) mass is 430 g/mol. The summed E-state index contributed by atoms with van der Waals surface area (Å²) in [6.07, 6.45) is 2.87. The van der Waals surface area contributed by atoms with Crippen LogP contribution in [0.2, 0.25) is 0 Å². The highest BCUT2D eigenvalue weighted by molar-refractivity contribution is 7.89. The van der Waals surface area contributed by atoms with Crippen molar-refractivity contribution in [2.24, 2.45) is 5.14 Å². The van der Waals surface area contributed by atoms with Crippen LogP contribution in [-0.4, -0.2) is 30.8 Å². The molecule has 29 heavy (non-hydrogen) atoms. The summed E-state index contributed by atoms with van der Waals surface area (Å²) in [5.41, 5.74) is 2.76. The zero-order valence-electron chi connectivity index (χ0n) is 16.2. The Bertz CT molecular complexity index is 1200. The van der Waals surface area contributed by atoms with Gasteiger partial charge in [-0.1, -0.05) is 12.1 Å². The molecule has 1 amide bonds. The molecule has 3 N–H and O–H groups in total. The number of carbonyl (C=O) groups excluding carboxylic acids is 1. The van der Waals surface area contributed by atoms with Crippen molar-refractivity contribution < 1.29 is 13.2 Å². The Morgan fingerprint density at radius 3 is 2.52 bits per heavy atom. The number of aromatic nitrogens is 2. The number of rotatable bonds is 6. The van der Waals surface area contributed by atoms with Gasteiger partial charge in [-0.25, -0.2) is 23.5 Å². The highest BCUT2D eigenvalue weighted by Gasteiger charge is 2.28. The number of aryl methyl sites for hydroxylation is 2. The van der Waals surface area contributed by atoms with Crippen molar-refractivity contribution in [3.63, 3.8) is 0 Å². The number of nitrogens with zero attached hydrogens (tertiary/aromatic N) is 2. The molecule has 1 aliphatic rings. The molecule has 0 unspecified atom stereocenters. The van der Waals surface area contributed by atoms with Gasteiger partial charge >= 0.3 is 0 Å². The third-order valence-electron chi connectivity index (χ3n) is 5.09. The highest BCUT2D eigenvalue weighted by Crippen LogP contribution is 2.40. The molecule has 2 aromatic heterocycles. The van der Waals surface area contributed by atoms with Gasteiger partial charge < -0.3 is 5.32 Å². The van der Waals surface area contributed by atoms with Gasteiger partial charge in [0.2, 0.25) is 10.0 Å². The number of hydrogen-bond acceptors (Lipinski definition) is 6. The van der Waals surface area contributed by atoms with Crippen LogP contribution in [0.15, 0.2) is 29.2 Å². The number of benzene rings is 1. The van der Waals surface area contributed by atoms with Gasteiger partial charge in [-0.15, -0.1) is 11.3 Å². The average Bonchev–Trinajstić information content (AvgIpc) is 3.45. The van der Waals surface area contributed by atoms with Crippen molar-refractivity contribution >= 4 is 37.5 Å². The third kappa shape index (κ3) is 4.17. The fourth-order valence-electron chi connectivity index (χ4n) is 3.35. The Kier molecular flexibility index (Phi) is 5.14. The molecular formula is C20H22N4O3S2. The van der Waals surface area contributed by atoms with Gasteiger partial charge in [0.1, 0.15) is 10.7 Å². The highest BCUT2D eigenvalue weighted by atomic mass is 32.2. The van der Waals surface area contributed by atoms with Gasteiger partial charge in [-0.3, -0.25) is 4.79 Å². The molecular weight excluding hydrogens is 408 g/mol. The number of fused-ring (bicyclic) bond motifs is 1. The maximum atomic E-state index is 12.7.